The quantitative estimate of drug-likeness (QED) is 0.830. The van der Waals surface area contributed by atoms with Gasteiger partial charge in [-0.25, -0.2) is 8.42 Å². The molecule has 1 aliphatic carbocycles. The van der Waals surface area contributed by atoms with E-state index in [0.29, 0.717) is 37.1 Å². The number of aryl methyl sites for hydroxylation is 1. The molecular weight excluding hydrogens is 388 g/mol. The fraction of sp³-hybridized carbons (Fsp3) is 0.500. The van der Waals surface area contributed by atoms with E-state index in [-0.39, 0.29) is 16.1 Å². The minimum atomic E-state index is -3.48. The van der Waals surface area contributed by atoms with Crippen LogP contribution in [0.5, 0.6) is 0 Å². The number of sulfonamides is 1. The molecule has 1 atom stereocenters. The molecule has 0 saturated carbocycles. The lowest BCUT2D eigenvalue weighted by molar-refractivity contribution is 0.0900. The molecule has 1 saturated heterocycles. The van der Waals surface area contributed by atoms with Crippen LogP contribution in [0.2, 0.25) is 0 Å². The number of benzene rings is 1. The highest BCUT2D eigenvalue weighted by Crippen LogP contribution is 2.38. The molecule has 7 heteroatoms. The van der Waals surface area contributed by atoms with Crippen molar-refractivity contribution in [3.8, 4) is 0 Å². The average Bonchev–Trinajstić information content (AvgIpc) is 3.29. The summed E-state index contributed by atoms with van der Waals surface area (Å²) in [4.78, 5) is 12.8. The minimum Gasteiger partial charge on any atom is -0.369 e. The molecule has 2 aliphatic rings. The number of fused-ring (bicyclic) bond motifs is 1. The van der Waals surface area contributed by atoms with E-state index in [2.05, 4.69) is 13.8 Å². The van der Waals surface area contributed by atoms with Crippen LogP contribution in [0.4, 0.5) is 0 Å². The van der Waals surface area contributed by atoms with E-state index in [4.69, 9.17) is 0 Å². The summed E-state index contributed by atoms with van der Waals surface area (Å²) >= 11 is 0. The number of carbonyl (C=O) groups excluding carboxylic acids is 1. The summed E-state index contributed by atoms with van der Waals surface area (Å²) in [5, 5.41) is 11.1. The fourth-order valence-electron chi connectivity index (χ4n) is 4.55. The Labute approximate surface area is 172 Å². The van der Waals surface area contributed by atoms with Crippen LogP contribution in [0.25, 0.3) is 0 Å². The maximum absolute atomic E-state index is 12.7. The van der Waals surface area contributed by atoms with E-state index < -0.39 is 16.3 Å². The Hall–Kier alpha value is -1.96. The Morgan fingerprint density at radius 3 is 2.31 bits per heavy atom. The van der Waals surface area contributed by atoms with Gasteiger partial charge < -0.3 is 9.67 Å². The van der Waals surface area contributed by atoms with Crippen molar-refractivity contribution in [2.45, 2.75) is 57.6 Å². The third-order valence-corrected chi connectivity index (χ3v) is 7.96. The standard InChI is InChI=1S/C22H28N2O4S/c1-15-12-18-19(13-22(2,3)14-20(18)25)24(15)21(26)16-6-8-17(9-7-16)29(27,28)23-10-4-5-11-23/h6-9,12,21,26H,4-5,10-11,13-14H2,1-3H3. The van der Waals surface area contributed by atoms with Crippen molar-refractivity contribution >= 4 is 15.8 Å². The average molecular weight is 417 g/mol. The van der Waals surface area contributed by atoms with Gasteiger partial charge in [-0.15, -0.1) is 0 Å². The number of aliphatic hydroxyl groups is 1. The number of carbonyl (C=O) groups is 1. The van der Waals surface area contributed by atoms with E-state index in [1.807, 2.05) is 13.0 Å². The van der Waals surface area contributed by atoms with Gasteiger partial charge in [-0.1, -0.05) is 26.0 Å². The second kappa shape index (κ2) is 7.07. The largest absolute Gasteiger partial charge is 0.369 e. The van der Waals surface area contributed by atoms with Crippen molar-refractivity contribution in [3.63, 3.8) is 0 Å². The molecule has 1 fully saturated rings. The van der Waals surface area contributed by atoms with Crippen molar-refractivity contribution < 1.29 is 18.3 Å². The number of rotatable bonds is 4. The zero-order valence-electron chi connectivity index (χ0n) is 17.2. The smallest absolute Gasteiger partial charge is 0.243 e. The first kappa shape index (κ1) is 20.3. The minimum absolute atomic E-state index is 0.109. The number of hydrogen-bond acceptors (Lipinski definition) is 4. The molecule has 0 spiro atoms. The summed E-state index contributed by atoms with van der Waals surface area (Å²) in [6, 6.07) is 8.30. The number of hydrogen-bond donors (Lipinski definition) is 1. The molecule has 0 radical (unpaired) electrons. The first-order valence-electron chi connectivity index (χ1n) is 10.1. The zero-order chi connectivity index (χ0) is 21.0. The van der Waals surface area contributed by atoms with Crippen LogP contribution in [0.1, 0.15) is 66.6 Å². The van der Waals surface area contributed by atoms with E-state index in [1.165, 1.54) is 4.31 Å². The van der Waals surface area contributed by atoms with Gasteiger partial charge in [-0.2, -0.15) is 4.31 Å². The molecule has 1 aromatic carbocycles. The lowest BCUT2D eigenvalue weighted by Gasteiger charge is -2.31. The van der Waals surface area contributed by atoms with Gasteiger partial charge in [0.2, 0.25) is 10.0 Å². The maximum atomic E-state index is 12.7. The number of aliphatic hydroxyl groups excluding tert-OH is 1. The van der Waals surface area contributed by atoms with Crippen LogP contribution in [-0.4, -0.2) is 41.3 Å². The zero-order valence-corrected chi connectivity index (χ0v) is 18.0. The summed E-state index contributed by atoms with van der Waals surface area (Å²) < 4.78 is 28.8. The monoisotopic (exact) mass is 416 g/mol. The molecule has 1 unspecified atom stereocenters. The van der Waals surface area contributed by atoms with Crippen molar-refractivity contribution in [2.24, 2.45) is 5.41 Å². The number of Topliss-reactive ketones (excluding diaryl/α,β-unsaturated/α-hetero) is 1. The van der Waals surface area contributed by atoms with Crippen LogP contribution in [0.3, 0.4) is 0 Å². The summed E-state index contributed by atoms with van der Waals surface area (Å²) in [6.07, 6.45) is 2.03. The molecule has 156 valence electrons. The molecule has 1 aliphatic heterocycles. The van der Waals surface area contributed by atoms with E-state index in [9.17, 15) is 18.3 Å². The van der Waals surface area contributed by atoms with E-state index >= 15 is 0 Å². The summed E-state index contributed by atoms with van der Waals surface area (Å²) in [7, 11) is -3.48. The van der Waals surface area contributed by atoms with Gasteiger partial charge in [0, 0.05) is 42.0 Å². The third-order valence-electron chi connectivity index (χ3n) is 6.05. The fourth-order valence-corrected chi connectivity index (χ4v) is 6.07. The Balaban J connectivity index is 1.66. The molecule has 29 heavy (non-hydrogen) atoms. The van der Waals surface area contributed by atoms with Gasteiger partial charge in [-0.05, 0) is 49.8 Å². The number of ketones is 1. The highest BCUT2D eigenvalue weighted by atomic mass is 32.2. The highest BCUT2D eigenvalue weighted by Gasteiger charge is 2.35. The maximum Gasteiger partial charge on any atom is 0.243 e. The Kier molecular flexibility index (Phi) is 4.96. The molecule has 4 rings (SSSR count). The molecule has 0 bridgehead atoms. The topological polar surface area (TPSA) is 79.6 Å². The van der Waals surface area contributed by atoms with Gasteiger partial charge in [0.05, 0.1) is 4.90 Å². The van der Waals surface area contributed by atoms with Crippen LogP contribution in [0, 0.1) is 12.3 Å². The van der Waals surface area contributed by atoms with Crippen LogP contribution in [-0.2, 0) is 16.4 Å². The van der Waals surface area contributed by atoms with Crippen molar-refractivity contribution in [1.82, 2.24) is 8.87 Å². The summed E-state index contributed by atoms with van der Waals surface area (Å²) in [6.45, 7) is 7.13. The highest BCUT2D eigenvalue weighted by molar-refractivity contribution is 7.89. The first-order valence-corrected chi connectivity index (χ1v) is 11.6. The van der Waals surface area contributed by atoms with Crippen molar-refractivity contribution in [3.05, 3.63) is 52.8 Å². The predicted molar refractivity (Wildman–Crippen MR) is 110 cm³/mol. The third kappa shape index (κ3) is 3.56. The van der Waals surface area contributed by atoms with Gasteiger partial charge in [0.1, 0.15) is 0 Å². The van der Waals surface area contributed by atoms with Gasteiger partial charge in [0.15, 0.2) is 12.0 Å². The van der Waals surface area contributed by atoms with Gasteiger partial charge in [0.25, 0.3) is 0 Å². The Bertz CT molecular complexity index is 1050. The molecule has 1 aromatic heterocycles. The second-order valence-electron chi connectivity index (χ2n) is 9.01. The van der Waals surface area contributed by atoms with Crippen LogP contribution in [0.15, 0.2) is 35.2 Å². The Morgan fingerprint density at radius 1 is 1.07 bits per heavy atom. The van der Waals surface area contributed by atoms with E-state index in [1.54, 1.807) is 28.8 Å². The van der Waals surface area contributed by atoms with Crippen molar-refractivity contribution in [1.29, 1.82) is 0 Å². The van der Waals surface area contributed by atoms with Crippen LogP contribution >= 0.6 is 0 Å². The molecule has 1 N–H and O–H groups in total. The van der Waals surface area contributed by atoms with E-state index in [0.717, 1.165) is 24.2 Å². The molecular formula is C22H28N2O4S. The predicted octanol–water partition coefficient (Wildman–Crippen LogP) is 3.28. The van der Waals surface area contributed by atoms with Crippen LogP contribution < -0.4 is 0 Å². The number of aromatic nitrogens is 1. The lowest BCUT2D eigenvalue weighted by atomic mass is 9.76. The normalized spacial score (nSPS) is 20.6. The van der Waals surface area contributed by atoms with Crippen molar-refractivity contribution in [2.75, 3.05) is 13.1 Å². The van der Waals surface area contributed by atoms with Gasteiger partial charge in [-0.3, -0.25) is 4.79 Å². The SMILES string of the molecule is Cc1cc2c(n1C(O)c1ccc(S(=O)(=O)N3CCCC3)cc1)CC(C)(C)CC2=O. The lowest BCUT2D eigenvalue weighted by Crippen LogP contribution is -2.29. The number of nitrogens with zero attached hydrogens (tertiary/aromatic N) is 2. The van der Waals surface area contributed by atoms with Gasteiger partial charge >= 0.3 is 0 Å². The molecule has 2 heterocycles. The molecule has 0 amide bonds. The first-order chi connectivity index (χ1) is 13.6. The second-order valence-corrected chi connectivity index (χ2v) is 10.9. The molecule has 6 nitrogen and oxygen atoms in total. The Morgan fingerprint density at radius 2 is 1.69 bits per heavy atom. The summed E-state index contributed by atoms with van der Waals surface area (Å²) in [5.41, 5.74) is 2.81. The molecule has 2 aromatic rings. The summed E-state index contributed by atoms with van der Waals surface area (Å²) in [5.74, 6) is 0.109.